The fraction of sp³-hybridized carbons (Fsp3) is 0.933. The molecule has 0 aromatic carbocycles. The molecule has 2 saturated carbocycles. The van der Waals surface area contributed by atoms with Gasteiger partial charge in [-0.15, -0.1) is 0 Å². The lowest BCUT2D eigenvalue weighted by molar-refractivity contribution is -0.123. The van der Waals surface area contributed by atoms with E-state index in [-0.39, 0.29) is 12.5 Å². The SMILES string of the molecule is O=C(CN(CCO)C1CCCCC1)NC1CCCC1. The van der Waals surface area contributed by atoms with Gasteiger partial charge in [-0.2, -0.15) is 0 Å². The maximum Gasteiger partial charge on any atom is 0.234 e. The topological polar surface area (TPSA) is 52.6 Å². The fourth-order valence-electron chi connectivity index (χ4n) is 3.49. The maximum atomic E-state index is 12.1. The molecule has 110 valence electrons. The van der Waals surface area contributed by atoms with Crippen molar-refractivity contribution in [3.8, 4) is 0 Å². The third kappa shape index (κ3) is 4.77. The van der Waals surface area contributed by atoms with Gasteiger partial charge in [0.25, 0.3) is 0 Å². The summed E-state index contributed by atoms with van der Waals surface area (Å²) in [5, 5.41) is 12.3. The van der Waals surface area contributed by atoms with Crippen molar-refractivity contribution in [2.24, 2.45) is 0 Å². The average Bonchev–Trinajstić information content (AvgIpc) is 2.92. The number of aliphatic hydroxyl groups excluding tert-OH is 1. The summed E-state index contributed by atoms with van der Waals surface area (Å²) in [5.74, 6) is 0.144. The van der Waals surface area contributed by atoms with Crippen molar-refractivity contribution in [3.05, 3.63) is 0 Å². The second kappa shape index (κ2) is 7.85. The van der Waals surface area contributed by atoms with Gasteiger partial charge >= 0.3 is 0 Å². The number of carbonyl (C=O) groups is 1. The van der Waals surface area contributed by atoms with Crippen LogP contribution in [0.3, 0.4) is 0 Å². The van der Waals surface area contributed by atoms with E-state index < -0.39 is 0 Å². The second-order valence-electron chi connectivity index (χ2n) is 6.03. The molecule has 0 aromatic rings. The molecule has 2 fully saturated rings. The lowest BCUT2D eigenvalue weighted by Crippen LogP contribution is -2.46. The largest absolute Gasteiger partial charge is 0.395 e. The van der Waals surface area contributed by atoms with Gasteiger partial charge < -0.3 is 10.4 Å². The van der Waals surface area contributed by atoms with Gasteiger partial charge in [-0.25, -0.2) is 0 Å². The molecule has 19 heavy (non-hydrogen) atoms. The van der Waals surface area contributed by atoms with E-state index in [4.69, 9.17) is 0 Å². The second-order valence-corrected chi connectivity index (χ2v) is 6.03. The molecule has 2 aliphatic rings. The maximum absolute atomic E-state index is 12.1. The predicted octanol–water partition coefficient (Wildman–Crippen LogP) is 1.67. The van der Waals surface area contributed by atoms with Crippen LogP contribution >= 0.6 is 0 Å². The van der Waals surface area contributed by atoms with E-state index >= 15 is 0 Å². The average molecular weight is 268 g/mol. The molecular weight excluding hydrogens is 240 g/mol. The van der Waals surface area contributed by atoms with E-state index in [0.29, 0.717) is 25.2 Å². The molecule has 0 spiro atoms. The van der Waals surface area contributed by atoms with Crippen LogP contribution in [0.4, 0.5) is 0 Å². The van der Waals surface area contributed by atoms with Crippen molar-refractivity contribution in [2.45, 2.75) is 69.9 Å². The lowest BCUT2D eigenvalue weighted by atomic mass is 9.94. The van der Waals surface area contributed by atoms with Crippen LogP contribution in [0.2, 0.25) is 0 Å². The minimum atomic E-state index is 0.144. The van der Waals surface area contributed by atoms with E-state index in [1.54, 1.807) is 0 Å². The van der Waals surface area contributed by atoms with Crippen LogP contribution in [0, 0.1) is 0 Å². The summed E-state index contributed by atoms with van der Waals surface area (Å²) in [6.07, 6.45) is 10.9. The highest BCUT2D eigenvalue weighted by Crippen LogP contribution is 2.22. The Morgan fingerprint density at radius 1 is 1.05 bits per heavy atom. The zero-order valence-corrected chi connectivity index (χ0v) is 11.9. The van der Waals surface area contributed by atoms with Crippen LogP contribution in [-0.2, 0) is 4.79 Å². The van der Waals surface area contributed by atoms with Gasteiger partial charge in [-0.1, -0.05) is 32.1 Å². The Morgan fingerprint density at radius 3 is 2.32 bits per heavy atom. The number of carbonyl (C=O) groups excluding carboxylic acids is 1. The minimum Gasteiger partial charge on any atom is -0.395 e. The van der Waals surface area contributed by atoms with Crippen molar-refractivity contribution < 1.29 is 9.90 Å². The summed E-state index contributed by atoms with van der Waals surface area (Å²) >= 11 is 0. The highest BCUT2D eigenvalue weighted by Gasteiger charge is 2.24. The fourth-order valence-corrected chi connectivity index (χ4v) is 3.49. The van der Waals surface area contributed by atoms with Crippen LogP contribution < -0.4 is 5.32 Å². The number of hydrogen-bond donors (Lipinski definition) is 2. The smallest absolute Gasteiger partial charge is 0.234 e. The first-order valence-corrected chi connectivity index (χ1v) is 7.94. The molecule has 0 radical (unpaired) electrons. The van der Waals surface area contributed by atoms with Gasteiger partial charge in [0, 0.05) is 18.6 Å². The summed E-state index contributed by atoms with van der Waals surface area (Å²) in [7, 11) is 0. The molecule has 1 amide bonds. The van der Waals surface area contributed by atoms with Crippen molar-refractivity contribution in [1.29, 1.82) is 0 Å². The van der Waals surface area contributed by atoms with E-state index in [0.717, 1.165) is 12.8 Å². The van der Waals surface area contributed by atoms with Crippen LogP contribution in [0.25, 0.3) is 0 Å². The van der Waals surface area contributed by atoms with Crippen LogP contribution in [-0.4, -0.2) is 47.7 Å². The van der Waals surface area contributed by atoms with Gasteiger partial charge in [-0.3, -0.25) is 9.69 Å². The molecule has 4 heteroatoms. The number of nitrogens with one attached hydrogen (secondary N) is 1. The normalized spacial score (nSPS) is 22.0. The van der Waals surface area contributed by atoms with Crippen molar-refractivity contribution >= 4 is 5.91 Å². The zero-order valence-electron chi connectivity index (χ0n) is 11.9. The Morgan fingerprint density at radius 2 is 1.68 bits per heavy atom. The third-order valence-electron chi connectivity index (χ3n) is 4.55. The van der Waals surface area contributed by atoms with Gasteiger partial charge in [0.15, 0.2) is 0 Å². The summed E-state index contributed by atoms with van der Waals surface area (Å²) in [6, 6.07) is 0.894. The van der Waals surface area contributed by atoms with E-state index in [1.807, 2.05) is 0 Å². The summed E-state index contributed by atoms with van der Waals surface area (Å²) in [5.41, 5.74) is 0. The Bertz CT molecular complexity index is 271. The molecule has 2 N–H and O–H groups in total. The Hall–Kier alpha value is -0.610. The van der Waals surface area contributed by atoms with Gasteiger partial charge in [-0.05, 0) is 25.7 Å². The predicted molar refractivity (Wildman–Crippen MR) is 75.9 cm³/mol. The Balaban J connectivity index is 1.78. The first kappa shape index (κ1) is 14.8. The highest BCUT2D eigenvalue weighted by atomic mass is 16.3. The van der Waals surface area contributed by atoms with Gasteiger partial charge in [0.05, 0.1) is 13.2 Å². The molecule has 0 saturated heterocycles. The zero-order chi connectivity index (χ0) is 13.5. The third-order valence-corrected chi connectivity index (χ3v) is 4.55. The molecule has 0 aliphatic heterocycles. The standard InChI is InChI=1S/C15H28N2O2/c18-11-10-17(14-8-2-1-3-9-14)12-15(19)16-13-6-4-5-7-13/h13-14,18H,1-12H2,(H,16,19). The molecule has 2 rings (SSSR count). The Labute approximate surface area is 116 Å². The molecule has 0 bridgehead atoms. The molecule has 0 heterocycles. The van der Waals surface area contributed by atoms with Crippen molar-refractivity contribution in [2.75, 3.05) is 19.7 Å². The summed E-state index contributed by atoms with van der Waals surface area (Å²) in [6.45, 7) is 1.23. The van der Waals surface area contributed by atoms with Crippen LogP contribution in [0.1, 0.15) is 57.8 Å². The molecule has 2 aliphatic carbocycles. The number of amides is 1. The van der Waals surface area contributed by atoms with Crippen LogP contribution in [0.5, 0.6) is 0 Å². The molecule has 0 unspecified atom stereocenters. The summed E-state index contributed by atoms with van der Waals surface area (Å²) in [4.78, 5) is 14.3. The van der Waals surface area contributed by atoms with E-state index in [1.165, 1.54) is 44.9 Å². The van der Waals surface area contributed by atoms with Crippen molar-refractivity contribution in [1.82, 2.24) is 10.2 Å². The monoisotopic (exact) mass is 268 g/mol. The highest BCUT2D eigenvalue weighted by molar-refractivity contribution is 5.78. The molecule has 0 atom stereocenters. The quantitative estimate of drug-likeness (QED) is 0.770. The lowest BCUT2D eigenvalue weighted by Gasteiger charge is -2.33. The van der Waals surface area contributed by atoms with E-state index in [2.05, 4.69) is 10.2 Å². The Kier molecular flexibility index (Phi) is 6.11. The number of rotatable bonds is 6. The van der Waals surface area contributed by atoms with Gasteiger partial charge in [0.1, 0.15) is 0 Å². The van der Waals surface area contributed by atoms with Crippen LogP contribution in [0.15, 0.2) is 0 Å². The van der Waals surface area contributed by atoms with Crippen molar-refractivity contribution in [3.63, 3.8) is 0 Å². The first-order chi connectivity index (χ1) is 9.29. The van der Waals surface area contributed by atoms with Gasteiger partial charge in [0.2, 0.25) is 5.91 Å². The molecule has 4 nitrogen and oxygen atoms in total. The number of hydrogen-bond acceptors (Lipinski definition) is 3. The number of nitrogens with zero attached hydrogens (tertiary/aromatic N) is 1. The molecule has 0 aromatic heterocycles. The molecular formula is C15H28N2O2. The summed E-state index contributed by atoms with van der Waals surface area (Å²) < 4.78 is 0. The van der Waals surface area contributed by atoms with E-state index in [9.17, 15) is 9.90 Å². The first-order valence-electron chi connectivity index (χ1n) is 7.94. The minimum absolute atomic E-state index is 0.144. The number of aliphatic hydroxyl groups is 1.